The maximum atomic E-state index is 9.32. The zero-order chi connectivity index (χ0) is 9.26. The summed E-state index contributed by atoms with van der Waals surface area (Å²) >= 11 is 0. The topological polar surface area (TPSA) is 32.3 Å². The molecule has 1 aliphatic heterocycles. The number of benzene rings is 1. The van der Waals surface area contributed by atoms with Crippen LogP contribution in [0.25, 0.3) is 0 Å². The van der Waals surface area contributed by atoms with E-state index >= 15 is 0 Å². The third kappa shape index (κ3) is 1.54. The Bertz CT molecular complexity index is 309. The molecular formula is C11H15NO. The standard InChI is InChI=1S/C11H15NO/c1-2-8-6-12-7-9-5-10(13)3-4-11(8)9/h3-5,8,12-13H,2,6-7H2,1H3. The highest BCUT2D eigenvalue weighted by Gasteiger charge is 2.17. The van der Waals surface area contributed by atoms with Gasteiger partial charge in [-0.1, -0.05) is 13.0 Å². The second-order valence-corrected chi connectivity index (χ2v) is 3.62. The van der Waals surface area contributed by atoms with E-state index in [0.717, 1.165) is 19.5 Å². The highest BCUT2D eigenvalue weighted by Crippen LogP contribution is 2.28. The Morgan fingerprint density at radius 3 is 3.15 bits per heavy atom. The summed E-state index contributed by atoms with van der Waals surface area (Å²) in [7, 11) is 0. The summed E-state index contributed by atoms with van der Waals surface area (Å²) in [5, 5.41) is 12.7. The maximum Gasteiger partial charge on any atom is 0.115 e. The number of hydrogen-bond donors (Lipinski definition) is 2. The number of nitrogens with one attached hydrogen (secondary N) is 1. The Morgan fingerprint density at radius 1 is 1.54 bits per heavy atom. The van der Waals surface area contributed by atoms with Crippen molar-refractivity contribution in [3.63, 3.8) is 0 Å². The van der Waals surface area contributed by atoms with Gasteiger partial charge in [-0.3, -0.25) is 0 Å². The second kappa shape index (κ2) is 3.38. The highest BCUT2D eigenvalue weighted by atomic mass is 16.3. The molecule has 0 aromatic heterocycles. The smallest absolute Gasteiger partial charge is 0.115 e. The number of phenolic OH excluding ortho intramolecular Hbond substituents is 1. The summed E-state index contributed by atoms with van der Waals surface area (Å²) in [4.78, 5) is 0. The lowest BCUT2D eigenvalue weighted by atomic mass is 9.89. The number of aromatic hydroxyl groups is 1. The first-order valence-electron chi connectivity index (χ1n) is 4.83. The van der Waals surface area contributed by atoms with Crippen LogP contribution in [-0.2, 0) is 6.54 Å². The molecule has 1 atom stereocenters. The third-order valence-electron chi connectivity index (χ3n) is 2.77. The second-order valence-electron chi connectivity index (χ2n) is 3.62. The lowest BCUT2D eigenvalue weighted by Crippen LogP contribution is -2.27. The largest absolute Gasteiger partial charge is 0.508 e. The van der Waals surface area contributed by atoms with Crippen LogP contribution in [0, 0.1) is 0 Å². The summed E-state index contributed by atoms with van der Waals surface area (Å²) in [6.45, 7) is 4.16. The van der Waals surface area contributed by atoms with Crippen molar-refractivity contribution >= 4 is 0 Å². The van der Waals surface area contributed by atoms with E-state index in [-0.39, 0.29) is 0 Å². The predicted octanol–water partition coefficient (Wildman–Crippen LogP) is 1.99. The molecule has 0 saturated heterocycles. The van der Waals surface area contributed by atoms with E-state index in [1.54, 1.807) is 6.07 Å². The van der Waals surface area contributed by atoms with Gasteiger partial charge in [-0.2, -0.15) is 0 Å². The fourth-order valence-corrected chi connectivity index (χ4v) is 2.00. The maximum absolute atomic E-state index is 9.32. The van der Waals surface area contributed by atoms with Crippen molar-refractivity contribution in [2.75, 3.05) is 6.54 Å². The van der Waals surface area contributed by atoms with E-state index < -0.39 is 0 Å². The molecule has 2 nitrogen and oxygen atoms in total. The minimum atomic E-state index is 0.373. The van der Waals surface area contributed by atoms with Crippen molar-refractivity contribution in [3.8, 4) is 5.75 Å². The fourth-order valence-electron chi connectivity index (χ4n) is 2.00. The monoisotopic (exact) mass is 177 g/mol. The van der Waals surface area contributed by atoms with Crippen LogP contribution < -0.4 is 5.32 Å². The molecule has 0 spiro atoms. The molecule has 0 bridgehead atoms. The molecule has 0 radical (unpaired) electrons. The average Bonchev–Trinajstić information content (AvgIpc) is 2.16. The van der Waals surface area contributed by atoms with E-state index in [9.17, 15) is 5.11 Å². The van der Waals surface area contributed by atoms with Gasteiger partial charge < -0.3 is 10.4 Å². The van der Waals surface area contributed by atoms with Gasteiger partial charge in [0.25, 0.3) is 0 Å². The molecule has 0 fully saturated rings. The number of hydrogen-bond acceptors (Lipinski definition) is 2. The molecule has 2 rings (SSSR count). The van der Waals surface area contributed by atoms with Crippen LogP contribution in [-0.4, -0.2) is 11.7 Å². The first-order valence-corrected chi connectivity index (χ1v) is 4.83. The Labute approximate surface area is 78.6 Å². The molecule has 0 amide bonds. The molecule has 1 heterocycles. The first kappa shape index (κ1) is 8.57. The van der Waals surface area contributed by atoms with Crippen LogP contribution in [0.15, 0.2) is 18.2 Å². The zero-order valence-corrected chi connectivity index (χ0v) is 7.88. The van der Waals surface area contributed by atoms with Crippen LogP contribution in [0.4, 0.5) is 0 Å². The van der Waals surface area contributed by atoms with Crippen molar-refractivity contribution in [1.29, 1.82) is 0 Å². The van der Waals surface area contributed by atoms with E-state index in [4.69, 9.17) is 0 Å². The van der Waals surface area contributed by atoms with Gasteiger partial charge in [-0.25, -0.2) is 0 Å². The highest BCUT2D eigenvalue weighted by molar-refractivity contribution is 5.38. The van der Waals surface area contributed by atoms with Crippen LogP contribution in [0.2, 0.25) is 0 Å². The van der Waals surface area contributed by atoms with Crippen molar-refractivity contribution in [1.82, 2.24) is 5.32 Å². The summed E-state index contributed by atoms with van der Waals surface area (Å²) in [5.41, 5.74) is 2.65. The predicted molar refractivity (Wildman–Crippen MR) is 52.8 cm³/mol. The Hall–Kier alpha value is -1.02. The number of fused-ring (bicyclic) bond motifs is 1. The Balaban J connectivity index is 2.40. The van der Waals surface area contributed by atoms with E-state index in [1.807, 2.05) is 6.07 Å². The molecule has 13 heavy (non-hydrogen) atoms. The molecule has 1 aromatic carbocycles. The summed E-state index contributed by atoms with van der Waals surface area (Å²) in [6.07, 6.45) is 1.16. The molecule has 2 N–H and O–H groups in total. The third-order valence-corrected chi connectivity index (χ3v) is 2.77. The van der Waals surface area contributed by atoms with Crippen molar-refractivity contribution in [2.24, 2.45) is 0 Å². The summed E-state index contributed by atoms with van der Waals surface area (Å²) in [5.74, 6) is 0.988. The lowest BCUT2D eigenvalue weighted by Gasteiger charge is -2.25. The molecule has 0 saturated carbocycles. The van der Waals surface area contributed by atoms with Gasteiger partial charge in [0.05, 0.1) is 0 Å². The molecular weight excluding hydrogens is 162 g/mol. The van der Waals surface area contributed by atoms with E-state index in [2.05, 4.69) is 18.3 Å². The average molecular weight is 177 g/mol. The van der Waals surface area contributed by atoms with Gasteiger partial charge in [-0.15, -0.1) is 0 Å². The molecule has 1 aliphatic rings. The zero-order valence-electron chi connectivity index (χ0n) is 7.88. The van der Waals surface area contributed by atoms with Gasteiger partial charge >= 0.3 is 0 Å². The van der Waals surface area contributed by atoms with Crippen LogP contribution in [0.3, 0.4) is 0 Å². The van der Waals surface area contributed by atoms with Crippen molar-refractivity contribution in [2.45, 2.75) is 25.8 Å². The van der Waals surface area contributed by atoms with Crippen molar-refractivity contribution < 1.29 is 5.11 Å². The minimum Gasteiger partial charge on any atom is -0.508 e. The van der Waals surface area contributed by atoms with Crippen molar-refractivity contribution in [3.05, 3.63) is 29.3 Å². The Kier molecular flexibility index (Phi) is 2.23. The molecule has 1 aromatic rings. The van der Waals surface area contributed by atoms with E-state index in [0.29, 0.717) is 11.7 Å². The van der Waals surface area contributed by atoms with Gasteiger partial charge in [0.2, 0.25) is 0 Å². The van der Waals surface area contributed by atoms with Gasteiger partial charge in [0, 0.05) is 13.1 Å². The fraction of sp³-hybridized carbons (Fsp3) is 0.455. The van der Waals surface area contributed by atoms with Crippen LogP contribution in [0.5, 0.6) is 5.75 Å². The molecule has 70 valence electrons. The molecule has 2 heteroatoms. The molecule has 0 aliphatic carbocycles. The van der Waals surface area contributed by atoms with Gasteiger partial charge in [0.15, 0.2) is 0 Å². The van der Waals surface area contributed by atoms with Gasteiger partial charge in [-0.05, 0) is 35.6 Å². The SMILES string of the molecule is CCC1CNCc2cc(O)ccc21. The first-order chi connectivity index (χ1) is 6.31. The number of rotatable bonds is 1. The summed E-state index contributed by atoms with van der Waals surface area (Å²) < 4.78 is 0. The normalized spacial score (nSPS) is 21.2. The van der Waals surface area contributed by atoms with Crippen LogP contribution >= 0.6 is 0 Å². The minimum absolute atomic E-state index is 0.373. The molecule has 1 unspecified atom stereocenters. The summed E-state index contributed by atoms with van der Waals surface area (Å²) in [6, 6.07) is 5.70. The quantitative estimate of drug-likeness (QED) is 0.687. The number of phenols is 1. The van der Waals surface area contributed by atoms with Crippen LogP contribution in [0.1, 0.15) is 30.4 Å². The lowest BCUT2D eigenvalue weighted by molar-refractivity contribution is 0.469. The van der Waals surface area contributed by atoms with E-state index in [1.165, 1.54) is 11.1 Å². The van der Waals surface area contributed by atoms with Gasteiger partial charge in [0.1, 0.15) is 5.75 Å². The Morgan fingerprint density at radius 2 is 2.38 bits per heavy atom.